The van der Waals surface area contributed by atoms with E-state index in [1.165, 1.54) is 6.92 Å². The summed E-state index contributed by atoms with van der Waals surface area (Å²) in [6.07, 6.45) is 3.63. The van der Waals surface area contributed by atoms with E-state index in [1.807, 2.05) is 55.8 Å². The number of hydrogen-bond donors (Lipinski definition) is 2. The summed E-state index contributed by atoms with van der Waals surface area (Å²) in [4.78, 5) is 40.1. The Morgan fingerprint density at radius 3 is 2.54 bits per heavy atom. The lowest BCUT2D eigenvalue weighted by Gasteiger charge is -2.40. The number of rotatable bonds is 10. The summed E-state index contributed by atoms with van der Waals surface area (Å²) in [5, 5.41) is 12.6. The molecule has 5 rings (SSSR count). The molecular formula is C30H40N8O2S. The second-order valence-corrected chi connectivity index (χ2v) is 10.7. The van der Waals surface area contributed by atoms with E-state index in [2.05, 4.69) is 46.3 Å². The number of nitrogens with one attached hydrogen (secondary N) is 2. The molecule has 4 aromatic heterocycles. The van der Waals surface area contributed by atoms with Gasteiger partial charge < -0.3 is 15.5 Å². The molecule has 5 heterocycles. The van der Waals surface area contributed by atoms with Crippen molar-refractivity contribution in [3.05, 3.63) is 53.7 Å². The van der Waals surface area contributed by atoms with Crippen molar-refractivity contribution in [2.45, 2.75) is 53.6 Å². The van der Waals surface area contributed by atoms with Crippen LogP contribution in [0.2, 0.25) is 0 Å². The smallest absolute Gasteiger partial charge is 0.251 e. The molecule has 0 radical (unpaired) electrons. The normalized spacial score (nSPS) is 13.9. The van der Waals surface area contributed by atoms with Gasteiger partial charge >= 0.3 is 0 Å². The van der Waals surface area contributed by atoms with Gasteiger partial charge in [0, 0.05) is 44.4 Å². The van der Waals surface area contributed by atoms with E-state index < -0.39 is 0 Å². The molecule has 4 aromatic rings. The summed E-state index contributed by atoms with van der Waals surface area (Å²) >= 11 is 1.63. The first-order valence-electron chi connectivity index (χ1n) is 14.3. The van der Waals surface area contributed by atoms with E-state index in [4.69, 9.17) is 9.97 Å². The fourth-order valence-corrected chi connectivity index (χ4v) is 5.62. The van der Waals surface area contributed by atoms with Crippen LogP contribution in [0.3, 0.4) is 0 Å². The van der Waals surface area contributed by atoms with Crippen molar-refractivity contribution in [2.24, 2.45) is 0 Å². The second kappa shape index (κ2) is 13.7. The molecule has 0 spiro atoms. The molecule has 1 aliphatic heterocycles. The van der Waals surface area contributed by atoms with Crippen molar-refractivity contribution in [2.75, 3.05) is 37.6 Å². The van der Waals surface area contributed by atoms with Crippen molar-refractivity contribution in [3.63, 3.8) is 0 Å². The van der Waals surface area contributed by atoms with Crippen LogP contribution in [0.15, 0.2) is 48.1 Å². The predicted octanol–water partition coefficient (Wildman–Crippen LogP) is 4.33. The summed E-state index contributed by atoms with van der Waals surface area (Å²) < 4.78 is 1.72. The van der Waals surface area contributed by atoms with Gasteiger partial charge in [-0.05, 0) is 49.7 Å². The van der Waals surface area contributed by atoms with Gasteiger partial charge in [-0.25, -0.2) is 14.5 Å². The number of pyridine rings is 1. The van der Waals surface area contributed by atoms with Crippen LogP contribution in [0, 0.1) is 0 Å². The first-order valence-corrected chi connectivity index (χ1v) is 15.2. The average Bonchev–Trinajstić information content (AvgIpc) is 3.65. The summed E-state index contributed by atoms with van der Waals surface area (Å²) in [7, 11) is 0. The summed E-state index contributed by atoms with van der Waals surface area (Å²) in [6.45, 7) is 15.5. The molecule has 2 amide bonds. The molecule has 10 nitrogen and oxygen atoms in total. The molecule has 2 N–H and O–H groups in total. The summed E-state index contributed by atoms with van der Waals surface area (Å²) in [5.74, 6) is 0.481. The summed E-state index contributed by atoms with van der Waals surface area (Å²) in [5.41, 5.74) is 3.44. The Balaban J connectivity index is 0.00000189. The number of anilines is 1. The molecule has 1 aliphatic rings. The van der Waals surface area contributed by atoms with Gasteiger partial charge in [0.15, 0.2) is 5.65 Å². The van der Waals surface area contributed by atoms with Crippen LogP contribution >= 0.6 is 11.3 Å². The maximum absolute atomic E-state index is 13.4. The van der Waals surface area contributed by atoms with Gasteiger partial charge in [0.1, 0.15) is 5.82 Å². The lowest BCUT2D eigenvalue weighted by molar-refractivity contribution is -0.119. The van der Waals surface area contributed by atoms with Crippen molar-refractivity contribution < 1.29 is 9.59 Å². The third kappa shape index (κ3) is 6.91. The number of thiophene rings is 1. The Morgan fingerprint density at radius 2 is 1.88 bits per heavy atom. The largest absolute Gasteiger partial charge is 0.352 e. The van der Waals surface area contributed by atoms with E-state index in [0.29, 0.717) is 42.4 Å². The fraction of sp³-hybridized carbons (Fsp3) is 0.433. The number of fused-ring (bicyclic) bond motifs is 1. The Bertz CT molecular complexity index is 1460. The number of aromatic nitrogens is 4. The maximum atomic E-state index is 13.4. The minimum absolute atomic E-state index is 0.0530. The lowest BCUT2D eigenvalue weighted by Crippen LogP contribution is -2.59. The van der Waals surface area contributed by atoms with Crippen LogP contribution < -0.4 is 15.5 Å². The lowest BCUT2D eigenvalue weighted by atomic mass is 10.1. The Morgan fingerprint density at radius 1 is 1.12 bits per heavy atom. The van der Waals surface area contributed by atoms with Crippen LogP contribution in [0.4, 0.5) is 5.82 Å². The minimum atomic E-state index is -0.151. The second-order valence-electron chi connectivity index (χ2n) is 9.80. The zero-order valence-electron chi connectivity index (χ0n) is 24.7. The van der Waals surface area contributed by atoms with E-state index in [9.17, 15) is 9.59 Å². The van der Waals surface area contributed by atoms with Gasteiger partial charge in [-0.2, -0.15) is 5.10 Å². The molecule has 0 bridgehead atoms. The Kier molecular flexibility index (Phi) is 10.1. The van der Waals surface area contributed by atoms with E-state index in [-0.39, 0.29) is 23.9 Å². The zero-order valence-corrected chi connectivity index (χ0v) is 25.5. The number of carbonyl (C=O) groups excluding carboxylic acids is 2. The number of nitrogens with zero attached hydrogens (tertiary/aromatic N) is 6. The zero-order chi connectivity index (χ0) is 29.5. The molecule has 0 aromatic carbocycles. The fourth-order valence-electron chi connectivity index (χ4n) is 4.92. The van der Waals surface area contributed by atoms with Crippen molar-refractivity contribution in [3.8, 4) is 21.8 Å². The first kappa shape index (κ1) is 30.1. The number of likely N-dealkylation sites (N-methyl/N-ethyl adjacent to an activating group) is 1. The number of hydrogen-bond acceptors (Lipinski definition) is 8. The van der Waals surface area contributed by atoms with Gasteiger partial charge in [-0.1, -0.05) is 33.8 Å². The Labute approximate surface area is 245 Å². The van der Waals surface area contributed by atoms with Crippen LogP contribution in [-0.2, 0) is 4.79 Å². The van der Waals surface area contributed by atoms with E-state index in [1.54, 1.807) is 22.0 Å². The third-order valence-corrected chi connectivity index (χ3v) is 7.99. The van der Waals surface area contributed by atoms with Gasteiger partial charge in [0.25, 0.3) is 5.91 Å². The Hall–Kier alpha value is -3.83. The van der Waals surface area contributed by atoms with E-state index >= 15 is 0 Å². The van der Waals surface area contributed by atoms with Crippen LogP contribution in [0.5, 0.6) is 0 Å². The average molecular weight is 577 g/mol. The van der Waals surface area contributed by atoms with Crippen LogP contribution in [-0.4, -0.2) is 81.1 Å². The molecule has 1 fully saturated rings. The molecule has 1 atom stereocenters. The standard InChI is InChI=1S/C28H34N8O2S.C2H6/c1-5-34(6-2)18(3)14-29-28(38)20-12-24(32-26(13-20)35-16-21(17-35)31-19(4)37)22-15-30-36-10-9-23(33-27(22)36)25-8-7-11-39-25;1-2/h7-13,15,18,21H,5-6,14,16-17H2,1-4H3,(H,29,38)(H,31,37);1-2H3. The quantitative estimate of drug-likeness (QED) is 0.289. The topological polar surface area (TPSA) is 108 Å². The highest BCUT2D eigenvalue weighted by molar-refractivity contribution is 7.13. The molecule has 0 saturated carbocycles. The monoisotopic (exact) mass is 576 g/mol. The van der Waals surface area contributed by atoms with Gasteiger partial charge in [0.2, 0.25) is 5.91 Å². The molecule has 1 unspecified atom stereocenters. The number of carbonyl (C=O) groups is 2. The van der Waals surface area contributed by atoms with Crippen molar-refractivity contribution in [1.82, 2.24) is 35.1 Å². The molecule has 218 valence electrons. The SMILES string of the molecule is CC.CCN(CC)C(C)CNC(=O)c1cc(-c2cnn3ccc(-c4cccs4)nc23)nc(N2CC(NC(C)=O)C2)c1. The molecular weight excluding hydrogens is 536 g/mol. The minimum Gasteiger partial charge on any atom is -0.352 e. The molecule has 1 saturated heterocycles. The first-order chi connectivity index (χ1) is 19.9. The molecule has 41 heavy (non-hydrogen) atoms. The van der Waals surface area contributed by atoms with Crippen LogP contribution in [0.25, 0.3) is 27.5 Å². The maximum Gasteiger partial charge on any atom is 0.251 e. The highest BCUT2D eigenvalue weighted by Gasteiger charge is 2.29. The van der Waals surface area contributed by atoms with Gasteiger partial charge in [-0.3, -0.25) is 14.5 Å². The van der Waals surface area contributed by atoms with E-state index in [0.717, 1.165) is 29.2 Å². The molecule has 0 aliphatic carbocycles. The van der Waals surface area contributed by atoms with Gasteiger partial charge in [-0.15, -0.1) is 11.3 Å². The van der Waals surface area contributed by atoms with Crippen LogP contribution in [0.1, 0.15) is 51.9 Å². The van der Waals surface area contributed by atoms with Crippen molar-refractivity contribution >= 4 is 34.6 Å². The summed E-state index contributed by atoms with van der Waals surface area (Å²) in [6, 6.07) is 9.89. The highest BCUT2D eigenvalue weighted by Crippen LogP contribution is 2.30. The van der Waals surface area contributed by atoms with Gasteiger partial charge in [0.05, 0.1) is 34.1 Å². The third-order valence-electron chi connectivity index (χ3n) is 7.10. The highest BCUT2D eigenvalue weighted by atomic mass is 32.1. The molecule has 11 heteroatoms. The predicted molar refractivity (Wildman–Crippen MR) is 165 cm³/mol. The number of amides is 2. The van der Waals surface area contributed by atoms with Crippen molar-refractivity contribution in [1.29, 1.82) is 0 Å².